The van der Waals surface area contributed by atoms with Crippen molar-refractivity contribution in [3.05, 3.63) is 23.3 Å². The molecular formula is C8H15I. The molecule has 0 fully saturated rings. The Hall–Kier alpha value is 0.210. The minimum atomic E-state index is 0. The zero-order valence-corrected chi connectivity index (χ0v) is 8.89. The van der Waals surface area contributed by atoms with Gasteiger partial charge in [-0.25, -0.2) is 0 Å². The number of hydrogen-bond donors (Lipinski definition) is 0. The molecule has 0 rings (SSSR count). The van der Waals surface area contributed by atoms with Gasteiger partial charge in [-0.1, -0.05) is 23.3 Å². The van der Waals surface area contributed by atoms with Gasteiger partial charge in [0.2, 0.25) is 0 Å². The molecule has 0 heterocycles. The summed E-state index contributed by atoms with van der Waals surface area (Å²) < 4.78 is 0. The monoisotopic (exact) mass is 238 g/mol. The van der Waals surface area contributed by atoms with Gasteiger partial charge < -0.3 is 0 Å². The largest absolute Gasteiger partial charge is 0.107 e. The van der Waals surface area contributed by atoms with Crippen LogP contribution in [0, 0.1) is 0 Å². The highest BCUT2D eigenvalue weighted by atomic mass is 127. The van der Waals surface area contributed by atoms with Crippen LogP contribution in [0.3, 0.4) is 0 Å². The molecule has 54 valence electrons. The molecule has 0 saturated carbocycles. The van der Waals surface area contributed by atoms with Crippen molar-refractivity contribution in [2.24, 2.45) is 0 Å². The van der Waals surface area contributed by atoms with E-state index in [9.17, 15) is 0 Å². The first kappa shape index (κ1) is 11.9. The van der Waals surface area contributed by atoms with Gasteiger partial charge in [-0.05, 0) is 27.7 Å². The normalized spacial score (nSPS) is 10.0. The van der Waals surface area contributed by atoms with E-state index in [1.54, 1.807) is 0 Å². The molecule has 0 aromatic heterocycles. The van der Waals surface area contributed by atoms with E-state index in [-0.39, 0.29) is 24.0 Å². The Balaban J connectivity index is 0. The minimum absolute atomic E-state index is 0. The summed E-state index contributed by atoms with van der Waals surface area (Å²) in [7, 11) is 0. The Bertz CT molecular complexity index is 117. The second-order valence-electron chi connectivity index (χ2n) is 2.25. The van der Waals surface area contributed by atoms with Crippen LogP contribution in [0.2, 0.25) is 0 Å². The lowest BCUT2D eigenvalue weighted by atomic mass is 10.2. The molecule has 0 nitrogen and oxygen atoms in total. The molecule has 0 N–H and O–H groups in total. The summed E-state index contributed by atoms with van der Waals surface area (Å²) in [5.41, 5.74) is 2.70. The molecule has 0 saturated heterocycles. The number of rotatable bonds is 1. The van der Waals surface area contributed by atoms with Crippen molar-refractivity contribution in [2.75, 3.05) is 0 Å². The zero-order valence-electron chi connectivity index (χ0n) is 6.56. The molecule has 0 atom stereocenters. The van der Waals surface area contributed by atoms with E-state index < -0.39 is 0 Å². The third-order valence-electron chi connectivity index (χ3n) is 0.972. The molecule has 0 unspecified atom stereocenters. The number of hydrogen-bond acceptors (Lipinski definition) is 0. The lowest BCUT2D eigenvalue weighted by Crippen LogP contribution is -1.67. The molecule has 0 aromatic rings. The van der Waals surface area contributed by atoms with Gasteiger partial charge in [0.15, 0.2) is 0 Å². The Kier molecular flexibility index (Phi) is 8.40. The van der Waals surface area contributed by atoms with Crippen molar-refractivity contribution in [3.63, 3.8) is 0 Å². The van der Waals surface area contributed by atoms with Crippen molar-refractivity contribution < 1.29 is 0 Å². The second kappa shape index (κ2) is 6.33. The average molecular weight is 238 g/mol. The molecule has 0 amide bonds. The van der Waals surface area contributed by atoms with E-state index in [2.05, 4.69) is 39.8 Å². The third-order valence-corrected chi connectivity index (χ3v) is 0.972. The van der Waals surface area contributed by atoms with Crippen molar-refractivity contribution >= 4 is 24.0 Å². The lowest BCUT2D eigenvalue weighted by Gasteiger charge is -1.88. The summed E-state index contributed by atoms with van der Waals surface area (Å²) in [6.07, 6.45) is 4.27. The minimum Gasteiger partial charge on any atom is -0.107 e. The molecule has 9 heavy (non-hydrogen) atoms. The summed E-state index contributed by atoms with van der Waals surface area (Å²) in [6, 6.07) is 0. The van der Waals surface area contributed by atoms with Gasteiger partial charge in [-0.2, -0.15) is 0 Å². The van der Waals surface area contributed by atoms with E-state index in [4.69, 9.17) is 0 Å². The van der Waals surface area contributed by atoms with E-state index in [0.717, 1.165) is 0 Å². The predicted molar refractivity (Wildman–Crippen MR) is 54.3 cm³/mol. The SMILES string of the molecule is C/C=C(/C)C=C(C)C.I. The number of halogens is 1. The van der Waals surface area contributed by atoms with Crippen LogP contribution in [-0.4, -0.2) is 0 Å². The molecule has 0 aromatic carbocycles. The average Bonchev–Trinajstić information content (AvgIpc) is 1.65. The van der Waals surface area contributed by atoms with Crippen LogP contribution < -0.4 is 0 Å². The number of allylic oxidation sites excluding steroid dienone is 4. The van der Waals surface area contributed by atoms with Crippen molar-refractivity contribution in [3.8, 4) is 0 Å². The van der Waals surface area contributed by atoms with Gasteiger partial charge in [0.25, 0.3) is 0 Å². The van der Waals surface area contributed by atoms with Crippen LogP contribution >= 0.6 is 24.0 Å². The van der Waals surface area contributed by atoms with E-state index >= 15 is 0 Å². The first-order valence-corrected chi connectivity index (χ1v) is 2.94. The molecule has 0 bridgehead atoms. The summed E-state index contributed by atoms with van der Waals surface area (Å²) in [5.74, 6) is 0. The molecular weight excluding hydrogens is 223 g/mol. The Morgan fingerprint density at radius 3 is 1.67 bits per heavy atom. The van der Waals surface area contributed by atoms with Gasteiger partial charge in [0, 0.05) is 0 Å². The lowest BCUT2D eigenvalue weighted by molar-refractivity contribution is 1.34. The third kappa shape index (κ3) is 8.21. The highest BCUT2D eigenvalue weighted by molar-refractivity contribution is 14.0. The van der Waals surface area contributed by atoms with Gasteiger partial charge in [-0.3, -0.25) is 0 Å². The molecule has 0 aliphatic rings. The van der Waals surface area contributed by atoms with Crippen LogP contribution in [0.4, 0.5) is 0 Å². The molecule has 0 radical (unpaired) electrons. The summed E-state index contributed by atoms with van der Waals surface area (Å²) in [6.45, 7) is 8.36. The fourth-order valence-electron chi connectivity index (χ4n) is 0.539. The van der Waals surface area contributed by atoms with Gasteiger partial charge >= 0.3 is 0 Å². The Morgan fingerprint density at radius 2 is 1.56 bits per heavy atom. The Labute approximate surface area is 75.1 Å². The maximum Gasteiger partial charge on any atom is -0.0401 e. The Morgan fingerprint density at radius 1 is 1.11 bits per heavy atom. The van der Waals surface area contributed by atoms with Crippen molar-refractivity contribution in [1.29, 1.82) is 0 Å². The van der Waals surface area contributed by atoms with Crippen molar-refractivity contribution in [1.82, 2.24) is 0 Å². The molecule has 0 aliphatic carbocycles. The molecule has 0 aliphatic heterocycles. The van der Waals surface area contributed by atoms with Crippen LogP contribution in [-0.2, 0) is 0 Å². The topological polar surface area (TPSA) is 0 Å². The summed E-state index contributed by atoms with van der Waals surface area (Å²) in [4.78, 5) is 0. The predicted octanol–water partition coefficient (Wildman–Crippen LogP) is 3.54. The first-order valence-electron chi connectivity index (χ1n) is 2.94. The molecule has 0 spiro atoms. The summed E-state index contributed by atoms with van der Waals surface area (Å²) >= 11 is 0. The van der Waals surface area contributed by atoms with Gasteiger partial charge in [0.1, 0.15) is 0 Å². The van der Waals surface area contributed by atoms with Crippen LogP contribution in [0.15, 0.2) is 23.3 Å². The summed E-state index contributed by atoms with van der Waals surface area (Å²) in [5, 5.41) is 0. The van der Waals surface area contributed by atoms with Gasteiger partial charge in [-0.15, -0.1) is 24.0 Å². The highest BCUT2D eigenvalue weighted by Crippen LogP contribution is 1.98. The maximum absolute atomic E-state index is 2.17. The van der Waals surface area contributed by atoms with Gasteiger partial charge in [0.05, 0.1) is 0 Å². The smallest absolute Gasteiger partial charge is 0.0401 e. The first-order chi connectivity index (χ1) is 3.66. The fraction of sp³-hybridized carbons (Fsp3) is 0.500. The van der Waals surface area contributed by atoms with E-state index in [1.165, 1.54) is 11.1 Å². The standard InChI is InChI=1S/C8H14.HI/c1-5-8(4)6-7(2)3;/h5-6H,1-4H3;1H/b8-5-;. The van der Waals surface area contributed by atoms with Crippen LogP contribution in [0.5, 0.6) is 0 Å². The van der Waals surface area contributed by atoms with Crippen molar-refractivity contribution in [2.45, 2.75) is 27.7 Å². The zero-order chi connectivity index (χ0) is 6.57. The van der Waals surface area contributed by atoms with E-state index in [1.807, 2.05) is 0 Å². The quantitative estimate of drug-likeness (QED) is 0.484. The molecule has 1 heteroatoms. The van der Waals surface area contributed by atoms with E-state index in [0.29, 0.717) is 0 Å². The van der Waals surface area contributed by atoms with Crippen LogP contribution in [0.1, 0.15) is 27.7 Å². The maximum atomic E-state index is 2.17. The highest BCUT2D eigenvalue weighted by Gasteiger charge is 1.77. The second-order valence-corrected chi connectivity index (χ2v) is 2.25. The van der Waals surface area contributed by atoms with Crippen LogP contribution in [0.25, 0.3) is 0 Å². The fourth-order valence-corrected chi connectivity index (χ4v) is 0.539.